The molecular weight excluding hydrogens is 689 g/mol. The molecule has 11 aromatic carbocycles. The predicted molar refractivity (Wildman–Crippen MR) is 243 cm³/mol. The van der Waals surface area contributed by atoms with Gasteiger partial charge >= 0.3 is 0 Å². The molecule has 0 atom stereocenters. The van der Waals surface area contributed by atoms with Crippen LogP contribution in [0.25, 0.3) is 120 Å². The standard InChI is InChI=1S/C56H34O/c1-4-18-41-35(13-1)16-11-25-43(41)39-27-29-45-52-32-38(28-30-53(52)57-54(45)34-39)51-33-40(31-37-15-3-6-20-44(37)51)55-47-21-7-9-23-49(47)56(50-24-10-8-22-48(50)55)46-26-12-17-36-14-2-5-19-42(36)46/h1-34H/i3D,6D,15D,20D,27D,28D,29D,30D,31D,32D,33D,34D. The molecule has 0 radical (unpaired) electrons. The van der Waals surface area contributed by atoms with E-state index >= 15 is 0 Å². The fourth-order valence-electron chi connectivity index (χ4n) is 8.48. The van der Waals surface area contributed by atoms with Gasteiger partial charge in [-0.05, 0) is 135 Å². The van der Waals surface area contributed by atoms with Crippen molar-refractivity contribution in [2.24, 2.45) is 0 Å². The second-order valence-electron chi connectivity index (χ2n) is 14.2. The molecule has 264 valence electrons. The molecule has 0 unspecified atom stereocenters. The molecule has 1 nitrogen and oxygen atoms in total. The van der Waals surface area contributed by atoms with E-state index in [9.17, 15) is 13.7 Å². The second-order valence-corrected chi connectivity index (χ2v) is 14.2. The third kappa shape index (κ3) is 4.96. The Morgan fingerprint density at radius 1 is 0.298 bits per heavy atom. The summed E-state index contributed by atoms with van der Waals surface area (Å²) in [7, 11) is 0. The van der Waals surface area contributed by atoms with E-state index in [4.69, 9.17) is 7.16 Å². The molecule has 1 heteroatoms. The molecule has 0 aliphatic rings. The van der Waals surface area contributed by atoms with Crippen molar-refractivity contribution in [1.29, 1.82) is 0 Å². The van der Waals surface area contributed by atoms with Crippen LogP contribution in [0.15, 0.2) is 210 Å². The number of rotatable bonds is 4. The first-order valence-electron chi connectivity index (χ1n) is 24.7. The van der Waals surface area contributed by atoms with Crippen molar-refractivity contribution in [3.05, 3.63) is 206 Å². The van der Waals surface area contributed by atoms with E-state index in [0.29, 0.717) is 21.9 Å². The minimum absolute atomic E-state index is 0.00956. The molecular formula is C56H34O. The van der Waals surface area contributed by atoms with Crippen LogP contribution in [0.5, 0.6) is 0 Å². The van der Waals surface area contributed by atoms with E-state index in [1.54, 1.807) is 12.1 Å². The molecule has 0 bridgehead atoms. The van der Waals surface area contributed by atoms with Gasteiger partial charge in [-0.15, -0.1) is 0 Å². The van der Waals surface area contributed by atoms with Gasteiger partial charge in [-0.25, -0.2) is 0 Å². The normalized spacial score (nSPS) is 14.8. The second kappa shape index (κ2) is 12.5. The number of benzene rings is 11. The van der Waals surface area contributed by atoms with Gasteiger partial charge in [0.2, 0.25) is 0 Å². The van der Waals surface area contributed by atoms with E-state index in [0.717, 1.165) is 43.4 Å². The van der Waals surface area contributed by atoms with E-state index in [2.05, 4.69) is 12.1 Å². The smallest absolute Gasteiger partial charge is 0.136 e. The van der Waals surface area contributed by atoms with Gasteiger partial charge in [0.15, 0.2) is 0 Å². The maximum Gasteiger partial charge on any atom is 0.136 e. The van der Waals surface area contributed by atoms with Crippen LogP contribution >= 0.6 is 0 Å². The first-order chi connectivity index (χ1) is 33.3. The molecule has 57 heavy (non-hydrogen) atoms. The molecule has 0 saturated carbocycles. The zero-order valence-electron chi connectivity index (χ0n) is 42.1. The molecule has 1 aromatic heterocycles. The van der Waals surface area contributed by atoms with Crippen LogP contribution in [0, 0.1) is 0 Å². The summed E-state index contributed by atoms with van der Waals surface area (Å²) in [5.41, 5.74) is 1.86. The minimum atomic E-state index is -0.651. The van der Waals surface area contributed by atoms with E-state index < -0.39 is 48.3 Å². The molecule has 0 aliphatic heterocycles. The monoisotopic (exact) mass is 734 g/mol. The van der Waals surface area contributed by atoms with Crippen molar-refractivity contribution in [1.82, 2.24) is 0 Å². The van der Waals surface area contributed by atoms with Crippen molar-refractivity contribution in [2.75, 3.05) is 0 Å². The molecule has 12 rings (SSSR count). The van der Waals surface area contributed by atoms with Gasteiger partial charge in [0.25, 0.3) is 0 Å². The molecule has 0 saturated heterocycles. The van der Waals surface area contributed by atoms with E-state index in [1.807, 2.05) is 109 Å². The van der Waals surface area contributed by atoms with Gasteiger partial charge in [-0.1, -0.05) is 170 Å². The Bertz CT molecular complexity index is 4220. The summed E-state index contributed by atoms with van der Waals surface area (Å²) in [6, 6.07) is 36.6. The van der Waals surface area contributed by atoms with Crippen molar-refractivity contribution in [3.8, 4) is 44.5 Å². The quantitative estimate of drug-likeness (QED) is 0.164. The average molecular weight is 735 g/mol. The molecule has 0 aliphatic carbocycles. The largest absolute Gasteiger partial charge is 0.456 e. The van der Waals surface area contributed by atoms with Crippen LogP contribution in [0.1, 0.15) is 16.4 Å². The van der Waals surface area contributed by atoms with Crippen molar-refractivity contribution >= 4 is 75.8 Å². The molecule has 12 aromatic rings. The Morgan fingerprint density at radius 3 is 1.58 bits per heavy atom. The summed E-state index contributed by atoms with van der Waals surface area (Å²) in [5.74, 6) is 0. The molecule has 0 spiro atoms. The summed E-state index contributed by atoms with van der Waals surface area (Å²) < 4.78 is 120. The number of fused-ring (bicyclic) bond motifs is 8. The van der Waals surface area contributed by atoms with Gasteiger partial charge in [-0.3, -0.25) is 0 Å². The van der Waals surface area contributed by atoms with Crippen LogP contribution in [0.3, 0.4) is 0 Å². The summed E-state index contributed by atoms with van der Waals surface area (Å²) in [6.45, 7) is 0. The van der Waals surface area contributed by atoms with Crippen molar-refractivity contribution < 1.29 is 20.9 Å². The maximum absolute atomic E-state index is 10.3. The first-order valence-corrected chi connectivity index (χ1v) is 18.7. The van der Waals surface area contributed by atoms with Crippen LogP contribution in [0.4, 0.5) is 0 Å². The maximum atomic E-state index is 10.3. The highest BCUT2D eigenvalue weighted by Gasteiger charge is 2.20. The Balaban J connectivity index is 1.23. The van der Waals surface area contributed by atoms with Crippen molar-refractivity contribution in [2.45, 2.75) is 0 Å². The third-order valence-electron chi connectivity index (χ3n) is 11.0. The molecule has 1 heterocycles. The topological polar surface area (TPSA) is 13.1 Å². The predicted octanol–water partition coefficient (Wildman–Crippen LogP) is 16.0. The average Bonchev–Trinajstić information content (AvgIpc) is 3.78. The van der Waals surface area contributed by atoms with Gasteiger partial charge < -0.3 is 4.42 Å². The Morgan fingerprint density at radius 2 is 0.860 bits per heavy atom. The Labute approximate surface area is 346 Å². The highest BCUT2D eigenvalue weighted by atomic mass is 16.3. The van der Waals surface area contributed by atoms with E-state index in [-0.39, 0.29) is 79.1 Å². The van der Waals surface area contributed by atoms with Gasteiger partial charge in [0, 0.05) is 10.8 Å². The van der Waals surface area contributed by atoms with Gasteiger partial charge in [-0.2, -0.15) is 0 Å². The number of furan rings is 1. The highest BCUT2D eigenvalue weighted by molar-refractivity contribution is 6.24. The van der Waals surface area contributed by atoms with Gasteiger partial charge in [0.1, 0.15) is 11.2 Å². The lowest BCUT2D eigenvalue weighted by atomic mass is 9.83. The van der Waals surface area contributed by atoms with Crippen LogP contribution in [0.2, 0.25) is 0 Å². The summed E-state index contributed by atoms with van der Waals surface area (Å²) >= 11 is 0. The first kappa shape index (κ1) is 22.2. The fourth-order valence-corrected chi connectivity index (χ4v) is 8.48. The zero-order valence-corrected chi connectivity index (χ0v) is 30.1. The zero-order chi connectivity index (χ0) is 47.9. The SMILES string of the molecule is [2H]c1c(-c2c([2H])c(-c3c4ccccc4c(-c4cccc5ccccc45)c4ccccc34)c([2H])c3c([2H])c([2H])c([2H])c([2H])c23)c([2H])c2c(oc3c([2H])c(-c4cccc5ccccc45)c([2H])c([2H])c32)c1[2H]. The lowest BCUT2D eigenvalue weighted by Crippen LogP contribution is -1.92. The highest BCUT2D eigenvalue weighted by Crippen LogP contribution is 2.47. The summed E-state index contributed by atoms with van der Waals surface area (Å²) in [4.78, 5) is 0. The minimum Gasteiger partial charge on any atom is -0.456 e. The third-order valence-corrected chi connectivity index (χ3v) is 11.0. The molecule has 0 N–H and O–H groups in total. The Kier molecular flexibility index (Phi) is 4.87. The van der Waals surface area contributed by atoms with Crippen molar-refractivity contribution in [3.63, 3.8) is 0 Å². The lowest BCUT2D eigenvalue weighted by Gasteiger charge is -2.20. The summed E-state index contributed by atoms with van der Waals surface area (Å²) in [6.07, 6.45) is 0. The lowest BCUT2D eigenvalue weighted by molar-refractivity contribution is 0.669. The molecule has 0 fully saturated rings. The van der Waals surface area contributed by atoms with Gasteiger partial charge in [0.05, 0.1) is 16.4 Å². The number of hydrogen-bond donors (Lipinski definition) is 0. The fraction of sp³-hybridized carbons (Fsp3) is 0. The van der Waals surface area contributed by atoms with E-state index in [1.165, 1.54) is 0 Å². The molecule has 0 amide bonds. The van der Waals surface area contributed by atoms with Crippen LogP contribution < -0.4 is 0 Å². The Hall–Kier alpha value is -7.48. The van der Waals surface area contributed by atoms with Crippen LogP contribution in [-0.2, 0) is 0 Å². The number of hydrogen-bond acceptors (Lipinski definition) is 1. The van der Waals surface area contributed by atoms with Crippen LogP contribution in [-0.4, -0.2) is 0 Å². The summed E-state index contributed by atoms with van der Waals surface area (Å²) in [5, 5.41) is 5.76.